The Morgan fingerprint density at radius 1 is 1.22 bits per heavy atom. The monoisotopic (exact) mass is 452 g/mol. The van der Waals surface area contributed by atoms with Gasteiger partial charge in [-0.2, -0.15) is 4.98 Å². The highest BCUT2D eigenvalue weighted by atomic mass is 19.3. The summed E-state index contributed by atoms with van der Waals surface area (Å²) in [6.45, 7) is 5.88. The molecule has 5 rings (SSSR count). The largest absolute Gasteiger partial charge is 0.392 e. The Morgan fingerprint density at radius 3 is 2.47 bits per heavy atom. The summed E-state index contributed by atoms with van der Waals surface area (Å²) in [5.74, 6) is -1.47. The number of likely N-dealkylation sites (tertiary alicyclic amines) is 1. The van der Waals surface area contributed by atoms with Crippen LogP contribution in [0.15, 0.2) is 4.52 Å². The first-order chi connectivity index (χ1) is 15.1. The maximum absolute atomic E-state index is 13.5. The van der Waals surface area contributed by atoms with Crippen LogP contribution in [-0.4, -0.2) is 63.8 Å². The zero-order chi connectivity index (χ0) is 22.7. The molecule has 0 unspecified atom stereocenters. The van der Waals surface area contributed by atoms with Crippen LogP contribution >= 0.6 is 0 Å². The van der Waals surface area contributed by atoms with Crippen molar-refractivity contribution in [3.8, 4) is 0 Å². The molecule has 2 saturated carbocycles. The quantitative estimate of drug-likeness (QED) is 0.730. The van der Waals surface area contributed by atoms with Gasteiger partial charge in [0.05, 0.1) is 17.6 Å². The van der Waals surface area contributed by atoms with Crippen molar-refractivity contribution in [1.29, 1.82) is 0 Å². The third-order valence-electron chi connectivity index (χ3n) is 8.83. The van der Waals surface area contributed by atoms with Crippen LogP contribution in [0.5, 0.6) is 0 Å². The first-order valence-corrected chi connectivity index (χ1v) is 12.1. The molecule has 1 amide bonds. The third kappa shape index (κ3) is 3.56. The molecule has 2 aliphatic heterocycles. The van der Waals surface area contributed by atoms with Crippen molar-refractivity contribution in [2.24, 2.45) is 11.3 Å². The number of halogens is 2. The molecule has 0 aromatic carbocycles. The lowest BCUT2D eigenvalue weighted by atomic mass is 9.62. The molecule has 2 N–H and O–H groups in total. The number of aliphatic hydroxyl groups excluding tert-OH is 1. The van der Waals surface area contributed by atoms with Gasteiger partial charge in [0.25, 0.3) is 0 Å². The number of nitrogens with zero attached hydrogens (tertiary/aromatic N) is 3. The number of amides is 1. The standard InChI is InChI=1S/C23H34F2N4O3/c1-14(2)22(20-27-18(32-28-20)15-4-8-23(24,25)9-5-15)12-29(13-22)19(31)16-10-17(30)21(11-26-16)6-3-7-21/h14-17,26,30H,3-13H2,1-2H3/t16-,17+/m0/s1. The predicted octanol–water partition coefficient (Wildman–Crippen LogP) is 2.99. The molecule has 1 aromatic rings. The van der Waals surface area contributed by atoms with E-state index in [-0.39, 0.29) is 42.0 Å². The lowest BCUT2D eigenvalue weighted by Gasteiger charge is -2.54. The second-order valence-electron chi connectivity index (χ2n) is 11.0. The minimum atomic E-state index is -2.59. The van der Waals surface area contributed by atoms with E-state index in [9.17, 15) is 18.7 Å². The first kappa shape index (κ1) is 22.2. The molecule has 2 saturated heterocycles. The topological polar surface area (TPSA) is 91.5 Å². The van der Waals surface area contributed by atoms with Gasteiger partial charge in [0.1, 0.15) is 0 Å². The molecule has 178 valence electrons. The van der Waals surface area contributed by atoms with Crippen molar-refractivity contribution < 1.29 is 23.2 Å². The van der Waals surface area contributed by atoms with Crippen LogP contribution in [0.4, 0.5) is 8.78 Å². The summed E-state index contributed by atoms with van der Waals surface area (Å²) in [6.07, 6.45) is 3.66. The van der Waals surface area contributed by atoms with Crippen LogP contribution in [-0.2, 0) is 10.2 Å². The van der Waals surface area contributed by atoms with E-state index >= 15 is 0 Å². The highest BCUT2D eigenvalue weighted by molar-refractivity contribution is 5.83. The fourth-order valence-electron chi connectivity index (χ4n) is 6.00. The first-order valence-electron chi connectivity index (χ1n) is 12.1. The molecular formula is C23H34F2N4O3. The number of hydrogen-bond donors (Lipinski definition) is 2. The van der Waals surface area contributed by atoms with E-state index < -0.39 is 17.4 Å². The lowest BCUT2D eigenvalue weighted by molar-refractivity contribution is -0.149. The van der Waals surface area contributed by atoms with Crippen LogP contribution in [0, 0.1) is 11.3 Å². The maximum Gasteiger partial charge on any atom is 0.248 e. The van der Waals surface area contributed by atoms with Gasteiger partial charge in [-0.15, -0.1) is 0 Å². The number of aliphatic hydroxyl groups is 1. The summed E-state index contributed by atoms with van der Waals surface area (Å²) in [5, 5.41) is 18.2. The number of piperidine rings is 1. The number of aromatic nitrogens is 2. The molecule has 1 aromatic heterocycles. The zero-order valence-corrected chi connectivity index (χ0v) is 18.9. The van der Waals surface area contributed by atoms with Crippen molar-refractivity contribution >= 4 is 5.91 Å². The number of nitrogens with one attached hydrogen (secondary N) is 1. The highest BCUT2D eigenvalue weighted by Crippen LogP contribution is 2.47. The third-order valence-corrected chi connectivity index (χ3v) is 8.83. The van der Waals surface area contributed by atoms with E-state index in [1.54, 1.807) is 0 Å². The Balaban J connectivity index is 1.23. The van der Waals surface area contributed by atoms with E-state index in [2.05, 4.69) is 29.3 Å². The van der Waals surface area contributed by atoms with Gasteiger partial charge in [0, 0.05) is 43.8 Å². The van der Waals surface area contributed by atoms with Gasteiger partial charge >= 0.3 is 0 Å². The SMILES string of the molecule is CC(C)C1(c2noc(C3CCC(F)(F)CC3)n2)CN(C(=O)[C@@H]2C[C@@H](O)C3(CCC3)CN2)C1. The van der Waals surface area contributed by atoms with Gasteiger partial charge in [-0.25, -0.2) is 8.78 Å². The van der Waals surface area contributed by atoms with E-state index in [0.29, 0.717) is 50.6 Å². The van der Waals surface area contributed by atoms with Crippen LogP contribution in [0.3, 0.4) is 0 Å². The van der Waals surface area contributed by atoms with E-state index in [0.717, 1.165) is 19.3 Å². The van der Waals surface area contributed by atoms with E-state index in [1.807, 2.05) is 4.90 Å². The Morgan fingerprint density at radius 2 is 1.91 bits per heavy atom. The van der Waals surface area contributed by atoms with Gasteiger partial charge in [-0.05, 0) is 38.0 Å². The molecule has 4 aliphatic rings. The average Bonchev–Trinajstić information content (AvgIpc) is 3.15. The fraction of sp³-hybridized carbons (Fsp3) is 0.870. The highest BCUT2D eigenvalue weighted by Gasteiger charge is 2.55. The van der Waals surface area contributed by atoms with Crippen molar-refractivity contribution in [3.05, 3.63) is 11.7 Å². The molecule has 9 heteroatoms. The summed E-state index contributed by atoms with van der Waals surface area (Å²) < 4.78 is 32.5. The molecule has 3 heterocycles. The van der Waals surface area contributed by atoms with Gasteiger partial charge in [-0.1, -0.05) is 25.4 Å². The predicted molar refractivity (Wildman–Crippen MR) is 112 cm³/mol. The second-order valence-corrected chi connectivity index (χ2v) is 11.0. The van der Waals surface area contributed by atoms with Crippen LogP contribution in [0.2, 0.25) is 0 Å². The molecule has 32 heavy (non-hydrogen) atoms. The normalized spacial score (nSPS) is 31.4. The summed E-state index contributed by atoms with van der Waals surface area (Å²) in [4.78, 5) is 19.6. The summed E-state index contributed by atoms with van der Waals surface area (Å²) in [6, 6.07) is -0.355. The molecule has 4 fully saturated rings. The van der Waals surface area contributed by atoms with Gasteiger partial charge in [-0.3, -0.25) is 4.79 Å². The Bertz CT molecular complexity index is 853. The molecule has 7 nitrogen and oxygen atoms in total. The van der Waals surface area contributed by atoms with Crippen LogP contribution < -0.4 is 5.32 Å². The van der Waals surface area contributed by atoms with Gasteiger partial charge in [0.15, 0.2) is 5.82 Å². The minimum Gasteiger partial charge on any atom is -0.392 e. The molecule has 2 atom stereocenters. The van der Waals surface area contributed by atoms with Gasteiger partial charge in [0.2, 0.25) is 17.7 Å². The Hall–Kier alpha value is -1.61. The molecule has 0 bridgehead atoms. The van der Waals surface area contributed by atoms with Gasteiger partial charge < -0.3 is 19.8 Å². The number of carbonyl (C=O) groups is 1. The molecular weight excluding hydrogens is 418 g/mol. The number of rotatable bonds is 4. The van der Waals surface area contributed by atoms with Crippen molar-refractivity contribution in [2.75, 3.05) is 19.6 Å². The maximum atomic E-state index is 13.5. The summed E-state index contributed by atoms with van der Waals surface area (Å²) in [5.41, 5.74) is -0.421. The van der Waals surface area contributed by atoms with Crippen LogP contribution in [0.1, 0.15) is 82.8 Å². The van der Waals surface area contributed by atoms with E-state index in [1.165, 1.54) is 0 Å². The van der Waals surface area contributed by atoms with Crippen molar-refractivity contribution in [2.45, 2.75) is 94.6 Å². The fourth-order valence-corrected chi connectivity index (χ4v) is 6.00. The molecule has 2 aliphatic carbocycles. The number of alkyl halides is 2. The summed E-state index contributed by atoms with van der Waals surface area (Å²) >= 11 is 0. The number of hydrogen-bond acceptors (Lipinski definition) is 6. The lowest BCUT2D eigenvalue weighted by Crippen LogP contribution is -2.68. The second kappa shape index (κ2) is 7.72. The van der Waals surface area contributed by atoms with E-state index in [4.69, 9.17) is 4.52 Å². The molecule has 0 radical (unpaired) electrons. The summed E-state index contributed by atoms with van der Waals surface area (Å²) in [7, 11) is 0. The Kier molecular flexibility index (Phi) is 5.36. The van der Waals surface area contributed by atoms with Crippen LogP contribution in [0.25, 0.3) is 0 Å². The zero-order valence-electron chi connectivity index (χ0n) is 18.9. The average molecular weight is 453 g/mol. The van der Waals surface area contributed by atoms with Crippen molar-refractivity contribution in [3.63, 3.8) is 0 Å². The minimum absolute atomic E-state index is 0.0210. The smallest absolute Gasteiger partial charge is 0.248 e. The van der Waals surface area contributed by atoms with Crippen molar-refractivity contribution in [1.82, 2.24) is 20.4 Å². The Labute approximate surface area is 187 Å². The molecule has 1 spiro atoms. The number of carbonyl (C=O) groups excluding carboxylic acids is 1.